The minimum atomic E-state index is -0.967. The molecule has 0 aliphatic carbocycles. The molecular weight excluding hydrogens is 252 g/mol. The summed E-state index contributed by atoms with van der Waals surface area (Å²) in [6, 6.07) is 0.821. The molecule has 7 nitrogen and oxygen atoms in total. The highest BCUT2D eigenvalue weighted by Gasteiger charge is 2.32. The molecule has 1 saturated heterocycles. The van der Waals surface area contributed by atoms with Crippen LogP contribution < -0.4 is 4.74 Å². The molecule has 104 valence electrons. The summed E-state index contributed by atoms with van der Waals surface area (Å²) in [7, 11) is 0. The fraction of sp³-hybridized carbons (Fsp3) is 0.583. The number of aliphatic carboxylic acids is 1. The van der Waals surface area contributed by atoms with Crippen LogP contribution in [0.3, 0.4) is 0 Å². The summed E-state index contributed by atoms with van der Waals surface area (Å²) in [5.41, 5.74) is 0. The summed E-state index contributed by atoms with van der Waals surface area (Å²) >= 11 is 0. The Labute approximate surface area is 110 Å². The molecule has 1 fully saturated rings. The van der Waals surface area contributed by atoms with Gasteiger partial charge in [-0.2, -0.15) is 0 Å². The van der Waals surface area contributed by atoms with E-state index < -0.39 is 12.0 Å². The molecule has 0 radical (unpaired) electrons. The van der Waals surface area contributed by atoms with E-state index in [1.165, 1.54) is 4.90 Å². The molecule has 1 amide bonds. The molecule has 1 aliphatic heterocycles. The van der Waals surface area contributed by atoms with Gasteiger partial charge in [0.2, 0.25) is 0 Å². The van der Waals surface area contributed by atoms with Crippen LogP contribution in [0.25, 0.3) is 0 Å². The number of ether oxygens (including phenoxy) is 1. The fourth-order valence-electron chi connectivity index (χ4n) is 2.12. The van der Waals surface area contributed by atoms with Crippen LogP contribution in [0.4, 0.5) is 0 Å². The van der Waals surface area contributed by atoms with Gasteiger partial charge in [-0.05, 0) is 31.3 Å². The van der Waals surface area contributed by atoms with Gasteiger partial charge in [0.05, 0.1) is 0 Å². The predicted molar refractivity (Wildman–Crippen MR) is 63.7 cm³/mol. The number of hydrogen-bond donors (Lipinski definition) is 1. The number of hydrogen-bond acceptors (Lipinski definition) is 5. The zero-order valence-electron chi connectivity index (χ0n) is 10.7. The van der Waals surface area contributed by atoms with Crippen molar-refractivity contribution in [2.75, 3.05) is 13.2 Å². The van der Waals surface area contributed by atoms with E-state index in [9.17, 15) is 9.59 Å². The number of amides is 1. The molecular formula is C12H16N2O5. The third-order valence-electron chi connectivity index (χ3n) is 3.06. The molecule has 0 spiro atoms. The third-order valence-corrected chi connectivity index (χ3v) is 3.06. The first-order chi connectivity index (χ1) is 9.08. The average molecular weight is 268 g/mol. The van der Waals surface area contributed by atoms with Crippen molar-refractivity contribution in [1.82, 2.24) is 10.1 Å². The van der Waals surface area contributed by atoms with E-state index in [2.05, 4.69) is 5.16 Å². The summed E-state index contributed by atoms with van der Waals surface area (Å²) < 4.78 is 9.99. The highest BCUT2D eigenvalue weighted by Crippen LogP contribution is 2.18. The lowest BCUT2D eigenvalue weighted by atomic mass is 10.0. The van der Waals surface area contributed by atoms with Crippen molar-refractivity contribution >= 4 is 11.9 Å². The lowest BCUT2D eigenvalue weighted by Crippen LogP contribution is -2.49. The number of nitrogens with zero attached hydrogens (tertiary/aromatic N) is 2. The molecule has 19 heavy (non-hydrogen) atoms. The quantitative estimate of drug-likeness (QED) is 0.869. The first kappa shape index (κ1) is 13.4. The van der Waals surface area contributed by atoms with Crippen molar-refractivity contribution in [3.63, 3.8) is 0 Å². The van der Waals surface area contributed by atoms with Crippen LogP contribution in [0.15, 0.2) is 10.6 Å². The number of aromatic nitrogens is 1. The molecule has 1 N–H and O–H groups in total. The summed E-state index contributed by atoms with van der Waals surface area (Å²) in [5.74, 6) is -0.489. The van der Waals surface area contributed by atoms with Crippen LogP contribution >= 0.6 is 0 Å². The van der Waals surface area contributed by atoms with E-state index in [0.717, 1.165) is 12.8 Å². The topological polar surface area (TPSA) is 92.9 Å². The predicted octanol–water partition coefficient (Wildman–Crippen LogP) is 0.828. The molecule has 1 aromatic rings. The van der Waals surface area contributed by atoms with Crippen LogP contribution in [0.5, 0.6) is 5.88 Å². The van der Waals surface area contributed by atoms with Crippen LogP contribution in [0, 0.1) is 6.92 Å². The number of carboxylic acid groups (broad SMARTS) is 1. The second-order valence-electron chi connectivity index (χ2n) is 4.50. The number of aryl methyl sites for hydroxylation is 1. The van der Waals surface area contributed by atoms with E-state index in [1.54, 1.807) is 13.0 Å². The van der Waals surface area contributed by atoms with Gasteiger partial charge in [0.15, 0.2) is 6.61 Å². The van der Waals surface area contributed by atoms with Gasteiger partial charge in [-0.3, -0.25) is 4.79 Å². The van der Waals surface area contributed by atoms with E-state index in [0.29, 0.717) is 18.7 Å². The van der Waals surface area contributed by atoms with Crippen molar-refractivity contribution in [3.8, 4) is 5.88 Å². The van der Waals surface area contributed by atoms with Gasteiger partial charge in [-0.1, -0.05) is 0 Å². The summed E-state index contributed by atoms with van der Waals surface area (Å²) in [5, 5.41) is 12.7. The molecule has 1 aliphatic rings. The minimum Gasteiger partial charge on any atom is -0.480 e. The second kappa shape index (κ2) is 5.73. The molecule has 0 saturated carbocycles. The zero-order valence-corrected chi connectivity index (χ0v) is 10.7. The van der Waals surface area contributed by atoms with Crippen molar-refractivity contribution in [2.24, 2.45) is 0 Å². The minimum absolute atomic E-state index is 0.226. The van der Waals surface area contributed by atoms with Crippen LogP contribution in [0.1, 0.15) is 25.0 Å². The highest BCUT2D eigenvalue weighted by atomic mass is 16.5. The lowest BCUT2D eigenvalue weighted by Gasteiger charge is -2.32. The molecule has 0 unspecified atom stereocenters. The summed E-state index contributed by atoms with van der Waals surface area (Å²) in [6.07, 6.45) is 2.13. The Hall–Kier alpha value is -2.05. The smallest absolute Gasteiger partial charge is 0.326 e. The number of carbonyl (C=O) groups is 2. The maximum absolute atomic E-state index is 12.0. The number of likely N-dealkylation sites (tertiary alicyclic amines) is 1. The molecule has 0 bridgehead atoms. The highest BCUT2D eigenvalue weighted by molar-refractivity contribution is 5.84. The van der Waals surface area contributed by atoms with Crippen molar-refractivity contribution in [2.45, 2.75) is 32.2 Å². The normalized spacial score (nSPS) is 19.2. The van der Waals surface area contributed by atoms with E-state index >= 15 is 0 Å². The Bertz CT molecular complexity index is 470. The standard InChI is InChI=1S/C12H16N2O5/c1-8-6-10(13-19-8)18-7-11(15)14-5-3-2-4-9(14)12(16)17/h6,9H,2-5,7H2,1H3,(H,16,17)/t9-/m1/s1. The van der Waals surface area contributed by atoms with Crippen LogP contribution in [0.2, 0.25) is 0 Å². The SMILES string of the molecule is Cc1cc(OCC(=O)N2CCCC[C@@H]2C(=O)O)no1. The van der Waals surface area contributed by atoms with E-state index in [-0.39, 0.29) is 18.4 Å². The monoisotopic (exact) mass is 268 g/mol. The molecule has 0 aromatic carbocycles. The number of rotatable bonds is 4. The van der Waals surface area contributed by atoms with Crippen LogP contribution in [-0.2, 0) is 9.59 Å². The van der Waals surface area contributed by atoms with Gasteiger partial charge >= 0.3 is 5.97 Å². The lowest BCUT2D eigenvalue weighted by molar-refractivity contribution is -0.152. The number of carboxylic acids is 1. The molecule has 1 atom stereocenters. The van der Waals surface area contributed by atoms with Gasteiger partial charge in [0.25, 0.3) is 11.8 Å². The second-order valence-corrected chi connectivity index (χ2v) is 4.50. The van der Waals surface area contributed by atoms with Crippen LogP contribution in [-0.4, -0.2) is 46.2 Å². The Morgan fingerprint density at radius 1 is 1.58 bits per heavy atom. The maximum Gasteiger partial charge on any atom is 0.326 e. The fourth-order valence-corrected chi connectivity index (χ4v) is 2.12. The largest absolute Gasteiger partial charge is 0.480 e. The Morgan fingerprint density at radius 2 is 2.37 bits per heavy atom. The van der Waals surface area contributed by atoms with Gasteiger partial charge in [-0.25, -0.2) is 4.79 Å². The number of piperidine rings is 1. The van der Waals surface area contributed by atoms with Crippen molar-refractivity contribution in [3.05, 3.63) is 11.8 Å². The Kier molecular flexibility index (Phi) is 4.03. The Morgan fingerprint density at radius 3 is 3.00 bits per heavy atom. The summed E-state index contributed by atoms with van der Waals surface area (Å²) in [6.45, 7) is 1.94. The Balaban J connectivity index is 1.92. The van der Waals surface area contributed by atoms with E-state index in [1.807, 2.05) is 0 Å². The van der Waals surface area contributed by atoms with Gasteiger partial charge < -0.3 is 19.3 Å². The van der Waals surface area contributed by atoms with Crippen molar-refractivity contribution in [1.29, 1.82) is 0 Å². The molecule has 2 rings (SSSR count). The first-order valence-electron chi connectivity index (χ1n) is 6.16. The van der Waals surface area contributed by atoms with E-state index in [4.69, 9.17) is 14.4 Å². The third kappa shape index (κ3) is 3.24. The van der Waals surface area contributed by atoms with Crippen molar-refractivity contribution < 1.29 is 24.0 Å². The number of carbonyl (C=O) groups excluding carboxylic acids is 1. The zero-order chi connectivity index (χ0) is 13.8. The first-order valence-corrected chi connectivity index (χ1v) is 6.16. The molecule has 7 heteroatoms. The average Bonchev–Trinajstić information content (AvgIpc) is 2.81. The molecule has 1 aromatic heterocycles. The maximum atomic E-state index is 12.0. The molecule has 2 heterocycles. The summed E-state index contributed by atoms with van der Waals surface area (Å²) in [4.78, 5) is 24.4. The van der Waals surface area contributed by atoms with Gasteiger partial charge in [-0.15, -0.1) is 0 Å². The van der Waals surface area contributed by atoms with Gasteiger partial charge in [0, 0.05) is 12.6 Å². The van der Waals surface area contributed by atoms with Gasteiger partial charge in [0.1, 0.15) is 11.8 Å².